The summed E-state index contributed by atoms with van der Waals surface area (Å²) in [7, 11) is 0. The van der Waals surface area contributed by atoms with Gasteiger partial charge in [0.25, 0.3) is 0 Å². The Morgan fingerprint density at radius 2 is 1.96 bits per heavy atom. The van der Waals surface area contributed by atoms with Gasteiger partial charge in [-0.25, -0.2) is 0 Å². The lowest BCUT2D eigenvalue weighted by Crippen LogP contribution is -2.54. The zero-order chi connectivity index (χ0) is 19.8. The van der Waals surface area contributed by atoms with Crippen LogP contribution < -0.4 is 10.6 Å². The van der Waals surface area contributed by atoms with Gasteiger partial charge in [0.05, 0.1) is 12.1 Å². The minimum atomic E-state index is -0.623. The molecule has 0 radical (unpaired) electrons. The quantitative estimate of drug-likeness (QED) is 0.459. The smallest absolute Gasteiger partial charge is 0.191 e. The highest BCUT2D eigenvalue weighted by Gasteiger charge is 2.45. The van der Waals surface area contributed by atoms with Crippen LogP contribution in [0.1, 0.15) is 45.1 Å². The van der Waals surface area contributed by atoms with Gasteiger partial charge in [-0.15, -0.1) is 0 Å². The van der Waals surface area contributed by atoms with Crippen molar-refractivity contribution in [3.63, 3.8) is 0 Å². The van der Waals surface area contributed by atoms with Crippen LogP contribution in [-0.2, 0) is 6.54 Å². The Hall–Kier alpha value is -1.24. The van der Waals surface area contributed by atoms with Gasteiger partial charge in [-0.2, -0.15) is 11.8 Å². The van der Waals surface area contributed by atoms with E-state index in [9.17, 15) is 5.11 Å². The zero-order valence-electron chi connectivity index (χ0n) is 17.4. The third-order valence-corrected chi connectivity index (χ3v) is 7.25. The molecule has 1 saturated carbocycles. The molecule has 6 heteroatoms. The second kappa shape index (κ2) is 10.5. The van der Waals surface area contributed by atoms with Crippen molar-refractivity contribution in [1.82, 2.24) is 15.5 Å². The summed E-state index contributed by atoms with van der Waals surface area (Å²) in [5.41, 5.74) is 0.763. The minimum Gasteiger partial charge on any atom is -0.387 e. The SMILES string of the molecule is CCNC(=NCC1(O)CCC1SCC)NC1CCN(Cc2ccccc2)CC1. The molecule has 0 amide bonds. The molecule has 1 aliphatic heterocycles. The summed E-state index contributed by atoms with van der Waals surface area (Å²) < 4.78 is 0. The molecule has 1 heterocycles. The molecule has 1 aromatic carbocycles. The highest BCUT2D eigenvalue weighted by Crippen LogP contribution is 2.41. The van der Waals surface area contributed by atoms with E-state index in [1.54, 1.807) is 0 Å². The summed E-state index contributed by atoms with van der Waals surface area (Å²) in [6, 6.07) is 11.2. The number of likely N-dealkylation sites (tertiary alicyclic amines) is 1. The van der Waals surface area contributed by atoms with Crippen molar-refractivity contribution in [3.05, 3.63) is 35.9 Å². The highest BCUT2D eigenvalue weighted by molar-refractivity contribution is 8.00. The van der Waals surface area contributed by atoms with Gasteiger partial charge in [0.1, 0.15) is 0 Å². The van der Waals surface area contributed by atoms with E-state index >= 15 is 0 Å². The van der Waals surface area contributed by atoms with E-state index in [1.165, 1.54) is 5.56 Å². The van der Waals surface area contributed by atoms with Gasteiger partial charge in [0.15, 0.2) is 5.96 Å². The van der Waals surface area contributed by atoms with Crippen LogP contribution in [0.4, 0.5) is 0 Å². The zero-order valence-corrected chi connectivity index (χ0v) is 18.2. The minimum absolute atomic E-state index is 0.338. The predicted octanol–water partition coefficient (Wildman–Crippen LogP) is 2.85. The number of nitrogens with zero attached hydrogens (tertiary/aromatic N) is 2. The van der Waals surface area contributed by atoms with Crippen LogP contribution in [0.2, 0.25) is 0 Å². The second-order valence-electron chi connectivity index (χ2n) is 7.96. The maximum absolute atomic E-state index is 10.8. The molecule has 2 atom stereocenters. The lowest BCUT2D eigenvalue weighted by molar-refractivity contribution is -0.0155. The first-order chi connectivity index (χ1) is 13.6. The number of aliphatic hydroxyl groups is 1. The number of nitrogens with one attached hydrogen (secondary N) is 2. The van der Waals surface area contributed by atoms with Crippen LogP contribution in [0.25, 0.3) is 0 Å². The van der Waals surface area contributed by atoms with E-state index < -0.39 is 5.60 Å². The van der Waals surface area contributed by atoms with Gasteiger partial charge in [0.2, 0.25) is 0 Å². The number of guanidine groups is 1. The fraction of sp³-hybridized carbons (Fsp3) is 0.682. The summed E-state index contributed by atoms with van der Waals surface area (Å²) in [5.74, 6) is 1.90. The molecule has 2 aliphatic rings. The average molecular weight is 405 g/mol. The number of benzene rings is 1. The van der Waals surface area contributed by atoms with E-state index in [2.05, 4.69) is 59.7 Å². The van der Waals surface area contributed by atoms with E-state index in [0.29, 0.717) is 17.8 Å². The number of thioether (sulfide) groups is 1. The van der Waals surface area contributed by atoms with E-state index in [-0.39, 0.29) is 0 Å². The van der Waals surface area contributed by atoms with Crippen LogP contribution in [-0.4, -0.2) is 64.8 Å². The number of aliphatic imine (C=N–C) groups is 1. The summed E-state index contributed by atoms with van der Waals surface area (Å²) >= 11 is 1.86. The van der Waals surface area contributed by atoms with Gasteiger partial charge >= 0.3 is 0 Å². The van der Waals surface area contributed by atoms with Crippen LogP contribution >= 0.6 is 11.8 Å². The monoisotopic (exact) mass is 404 g/mol. The number of rotatable bonds is 8. The molecule has 1 aromatic rings. The summed E-state index contributed by atoms with van der Waals surface area (Å²) in [6.45, 7) is 8.81. The van der Waals surface area contributed by atoms with Crippen LogP contribution in [0, 0.1) is 0 Å². The molecule has 0 spiro atoms. The Morgan fingerprint density at radius 1 is 1.21 bits per heavy atom. The van der Waals surface area contributed by atoms with Gasteiger partial charge in [-0.1, -0.05) is 37.3 Å². The lowest BCUT2D eigenvalue weighted by Gasteiger charge is -2.44. The Morgan fingerprint density at radius 3 is 2.57 bits per heavy atom. The second-order valence-corrected chi connectivity index (χ2v) is 9.44. The Bertz CT molecular complexity index is 618. The third kappa shape index (κ3) is 5.88. The van der Waals surface area contributed by atoms with Gasteiger partial charge in [-0.05, 0) is 43.9 Å². The summed E-state index contributed by atoms with van der Waals surface area (Å²) in [6.07, 6.45) is 4.21. The molecule has 1 aliphatic carbocycles. The molecular formula is C22H36N4OS. The first-order valence-electron chi connectivity index (χ1n) is 10.8. The molecular weight excluding hydrogens is 368 g/mol. The topological polar surface area (TPSA) is 59.9 Å². The Kier molecular flexibility index (Phi) is 8.06. The van der Waals surface area contributed by atoms with Crippen LogP contribution in [0.3, 0.4) is 0 Å². The molecule has 0 bridgehead atoms. The lowest BCUT2D eigenvalue weighted by atomic mass is 9.79. The van der Waals surface area contributed by atoms with Crippen molar-refractivity contribution in [2.75, 3.05) is 31.9 Å². The molecule has 28 heavy (non-hydrogen) atoms. The molecule has 5 nitrogen and oxygen atoms in total. The molecule has 0 aromatic heterocycles. The predicted molar refractivity (Wildman–Crippen MR) is 120 cm³/mol. The normalized spacial score (nSPS) is 26.7. The maximum atomic E-state index is 10.8. The maximum Gasteiger partial charge on any atom is 0.191 e. The fourth-order valence-corrected chi connectivity index (χ4v) is 5.21. The molecule has 2 fully saturated rings. The van der Waals surface area contributed by atoms with E-state index in [0.717, 1.165) is 63.6 Å². The first kappa shape index (κ1) is 21.5. The van der Waals surface area contributed by atoms with Gasteiger partial charge < -0.3 is 15.7 Å². The van der Waals surface area contributed by atoms with E-state index in [4.69, 9.17) is 4.99 Å². The number of piperidine rings is 1. The van der Waals surface area contributed by atoms with Crippen molar-refractivity contribution >= 4 is 17.7 Å². The van der Waals surface area contributed by atoms with Crippen molar-refractivity contribution in [3.8, 4) is 0 Å². The number of hydrogen-bond donors (Lipinski definition) is 3. The van der Waals surface area contributed by atoms with Crippen LogP contribution in [0.5, 0.6) is 0 Å². The molecule has 1 saturated heterocycles. The largest absolute Gasteiger partial charge is 0.387 e. The fourth-order valence-electron chi connectivity index (χ4n) is 4.02. The molecule has 3 rings (SSSR count). The van der Waals surface area contributed by atoms with Gasteiger partial charge in [-0.3, -0.25) is 9.89 Å². The molecule has 3 N–H and O–H groups in total. The standard InChI is InChI=1S/C22H36N4OS/c1-3-23-21(24-17-22(27)13-10-20(22)28-4-2)25-19-11-14-26(15-12-19)16-18-8-6-5-7-9-18/h5-9,19-20,27H,3-4,10-17H2,1-2H3,(H2,23,24,25). The first-order valence-corrected chi connectivity index (χ1v) is 11.8. The summed E-state index contributed by atoms with van der Waals surface area (Å²) in [5, 5.41) is 18.1. The van der Waals surface area contributed by atoms with Crippen molar-refractivity contribution < 1.29 is 5.11 Å². The van der Waals surface area contributed by atoms with Gasteiger partial charge in [0, 0.05) is 37.5 Å². The molecule has 156 valence electrons. The number of hydrogen-bond acceptors (Lipinski definition) is 4. The highest BCUT2D eigenvalue weighted by atomic mass is 32.2. The van der Waals surface area contributed by atoms with Crippen molar-refractivity contribution in [1.29, 1.82) is 0 Å². The average Bonchev–Trinajstić information content (AvgIpc) is 2.71. The van der Waals surface area contributed by atoms with Crippen molar-refractivity contribution in [2.45, 2.75) is 63.0 Å². The third-order valence-electron chi connectivity index (χ3n) is 5.84. The van der Waals surface area contributed by atoms with Crippen LogP contribution in [0.15, 0.2) is 35.3 Å². The summed E-state index contributed by atoms with van der Waals surface area (Å²) in [4.78, 5) is 7.27. The Labute approximate surface area is 174 Å². The van der Waals surface area contributed by atoms with E-state index in [1.807, 2.05) is 11.8 Å². The Balaban J connectivity index is 1.47. The molecule has 2 unspecified atom stereocenters. The van der Waals surface area contributed by atoms with Crippen molar-refractivity contribution in [2.24, 2.45) is 4.99 Å².